The molecular weight excluding hydrogens is 368 g/mol. The van der Waals surface area contributed by atoms with Crippen molar-refractivity contribution in [2.75, 3.05) is 10.2 Å². The zero-order valence-corrected chi connectivity index (χ0v) is 14.8. The summed E-state index contributed by atoms with van der Waals surface area (Å²) in [5, 5.41) is 2.90. The number of furan rings is 1. The molecule has 1 N–H and O–H groups in total. The Hall–Kier alpha value is -2.86. The van der Waals surface area contributed by atoms with Crippen molar-refractivity contribution < 1.29 is 18.8 Å². The van der Waals surface area contributed by atoms with E-state index in [1.165, 1.54) is 17.2 Å². The summed E-state index contributed by atoms with van der Waals surface area (Å²) >= 11 is 6.29. The molecule has 3 amide bonds. The lowest BCUT2D eigenvalue weighted by Crippen LogP contribution is -2.32. The summed E-state index contributed by atoms with van der Waals surface area (Å²) in [5.74, 6) is -0.798. The van der Waals surface area contributed by atoms with Gasteiger partial charge in [-0.25, -0.2) is 4.90 Å². The molecule has 2 aliphatic carbocycles. The van der Waals surface area contributed by atoms with E-state index >= 15 is 0 Å². The number of nitrogens with zero attached hydrogens (tertiary/aromatic N) is 1. The van der Waals surface area contributed by atoms with Crippen LogP contribution in [0.15, 0.2) is 53.2 Å². The van der Waals surface area contributed by atoms with Gasteiger partial charge < -0.3 is 9.73 Å². The molecule has 6 nitrogen and oxygen atoms in total. The fourth-order valence-corrected chi connectivity index (χ4v) is 4.71. The van der Waals surface area contributed by atoms with Crippen molar-refractivity contribution in [1.82, 2.24) is 0 Å². The first-order valence-corrected chi connectivity index (χ1v) is 9.13. The van der Waals surface area contributed by atoms with Gasteiger partial charge in [-0.2, -0.15) is 0 Å². The third-order valence-electron chi connectivity index (χ3n) is 5.67. The number of allylic oxidation sites excluding steroid dienone is 2. The number of carbonyl (C=O) groups is 3. The average molecular weight is 383 g/mol. The minimum atomic E-state index is -0.430. The van der Waals surface area contributed by atoms with Crippen molar-refractivity contribution in [3.8, 4) is 0 Å². The Labute approximate surface area is 159 Å². The van der Waals surface area contributed by atoms with E-state index in [1.54, 1.807) is 24.3 Å². The molecule has 1 saturated heterocycles. The number of rotatable bonds is 3. The van der Waals surface area contributed by atoms with E-state index in [2.05, 4.69) is 17.5 Å². The second-order valence-electron chi connectivity index (χ2n) is 7.11. The summed E-state index contributed by atoms with van der Waals surface area (Å²) in [6.45, 7) is 0. The van der Waals surface area contributed by atoms with Gasteiger partial charge in [0.1, 0.15) is 0 Å². The fourth-order valence-electron chi connectivity index (χ4n) is 4.49. The lowest BCUT2D eigenvalue weighted by molar-refractivity contribution is -0.123. The summed E-state index contributed by atoms with van der Waals surface area (Å²) < 4.78 is 5.05. The third-order valence-corrected chi connectivity index (χ3v) is 5.99. The summed E-state index contributed by atoms with van der Waals surface area (Å²) in [6.07, 6.45) is 6.41. The van der Waals surface area contributed by atoms with Crippen LogP contribution in [0.1, 0.15) is 17.0 Å². The fraction of sp³-hybridized carbons (Fsp3) is 0.250. The molecular formula is C20H15ClN2O4. The molecule has 7 heteroatoms. The SMILES string of the molecule is O=C(Nc1ccc(N2C(=O)[C@@H]3[C@@H](C2=O)[C@H]2C=C[C@@H]3C2)cc1Cl)c1ccco1. The maximum Gasteiger partial charge on any atom is 0.291 e. The number of hydrogen-bond donors (Lipinski definition) is 1. The molecule has 0 spiro atoms. The summed E-state index contributed by atoms with van der Waals surface area (Å²) in [7, 11) is 0. The molecule has 136 valence electrons. The van der Waals surface area contributed by atoms with Crippen molar-refractivity contribution in [2.45, 2.75) is 6.42 Å². The van der Waals surface area contributed by atoms with Crippen LogP contribution in [0.4, 0.5) is 11.4 Å². The van der Waals surface area contributed by atoms with Crippen molar-refractivity contribution in [3.63, 3.8) is 0 Å². The Morgan fingerprint density at radius 3 is 2.41 bits per heavy atom. The van der Waals surface area contributed by atoms with Gasteiger partial charge in [-0.1, -0.05) is 23.8 Å². The van der Waals surface area contributed by atoms with E-state index in [1.807, 2.05) is 0 Å². The normalized spacial score (nSPS) is 28.1. The number of fused-ring (bicyclic) bond motifs is 5. The van der Waals surface area contributed by atoms with Crippen LogP contribution in [0.2, 0.25) is 5.02 Å². The van der Waals surface area contributed by atoms with E-state index in [9.17, 15) is 14.4 Å². The Morgan fingerprint density at radius 1 is 1.11 bits per heavy atom. The highest BCUT2D eigenvalue weighted by atomic mass is 35.5. The quantitative estimate of drug-likeness (QED) is 0.651. The molecule has 0 radical (unpaired) electrons. The standard InChI is InChI=1S/C20H15ClN2O4/c21-13-9-12(5-6-14(13)22-18(24)15-2-1-7-27-15)23-19(25)16-10-3-4-11(8-10)17(16)20(23)26/h1-7,9-11,16-17H,8H2,(H,22,24)/t10-,11+,16-,17-/m0/s1. The average Bonchev–Trinajstić information content (AvgIpc) is 3.42. The highest BCUT2D eigenvalue weighted by molar-refractivity contribution is 6.34. The maximum atomic E-state index is 12.9. The second-order valence-corrected chi connectivity index (χ2v) is 7.51. The Kier molecular flexibility index (Phi) is 3.52. The van der Waals surface area contributed by atoms with Gasteiger partial charge in [-0.05, 0) is 48.6 Å². The monoisotopic (exact) mass is 382 g/mol. The lowest BCUT2D eigenvalue weighted by atomic mass is 9.85. The van der Waals surface area contributed by atoms with E-state index < -0.39 is 5.91 Å². The van der Waals surface area contributed by atoms with Crippen LogP contribution in [0.25, 0.3) is 0 Å². The van der Waals surface area contributed by atoms with Gasteiger partial charge in [0.25, 0.3) is 5.91 Å². The highest BCUT2D eigenvalue weighted by Crippen LogP contribution is 2.53. The van der Waals surface area contributed by atoms with E-state index in [0.717, 1.165) is 6.42 Å². The predicted octanol–water partition coefficient (Wildman–Crippen LogP) is 3.50. The van der Waals surface area contributed by atoms with Gasteiger partial charge in [-0.3, -0.25) is 14.4 Å². The molecule has 1 saturated carbocycles. The number of amides is 3. The van der Waals surface area contributed by atoms with Gasteiger partial charge in [0.15, 0.2) is 5.76 Å². The van der Waals surface area contributed by atoms with Crippen LogP contribution < -0.4 is 10.2 Å². The molecule has 1 aliphatic heterocycles. The Morgan fingerprint density at radius 2 is 1.81 bits per heavy atom. The van der Waals surface area contributed by atoms with E-state index in [4.69, 9.17) is 16.0 Å². The first-order chi connectivity index (χ1) is 13.0. The summed E-state index contributed by atoms with van der Waals surface area (Å²) in [4.78, 5) is 39.1. The predicted molar refractivity (Wildman–Crippen MR) is 98.3 cm³/mol. The minimum Gasteiger partial charge on any atom is -0.459 e. The number of hydrogen-bond acceptors (Lipinski definition) is 4. The zero-order valence-electron chi connectivity index (χ0n) is 14.1. The van der Waals surface area contributed by atoms with Gasteiger partial charge in [0.05, 0.1) is 34.5 Å². The molecule has 2 bridgehead atoms. The molecule has 1 aromatic carbocycles. The zero-order chi connectivity index (χ0) is 18.7. The Balaban J connectivity index is 1.40. The van der Waals surface area contributed by atoms with Crippen LogP contribution in [0.5, 0.6) is 0 Å². The van der Waals surface area contributed by atoms with E-state index in [-0.39, 0.29) is 46.3 Å². The van der Waals surface area contributed by atoms with Crippen LogP contribution >= 0.6 is 11.6 Å². The summed E-state index contributed by atoms with van der Waals surface area (Å²) in [6, 6.07) is 7.89. The molecule has 1 aromatic heterocycles. The maximum absolute atomic E-state index is 12.9. The van der Waals surface area contributed by atoms with Crippen LogP contribution in [-0.2, 0) is 9.59 Å². The van der Waals surface area contributed by atoms with Crippen LogP contribution in [-0.4, -0.2) is 17.7 Å². The van der Waals surface area contributed by atoms with Gasteiger partial charge >= 0.3 is 0 Å². The molecule has 2 fully saturated rings. The third kappa shape index (κ3) is 2.36. The van der Waals surface area contributed by atoms with Crippen molar-refractivity contribution >= 4 is 40.7 Å². The smallest absolute Gasteiger partial charge is 0.291 e. The number of anilines is 2. The number of imide groups is 1. The topological polar surface area (TPSA) is 79.6 Å². The first kappa shape index (κ1) is 16.3. The minimum absolute atomic E-state index is 0.156. The second kappa shape index (κ2) is 5.82. The largest absolute Gasteiger partial charge is 0.459 e. The molecule has 27 heavy (non-hydrogen) atoms. The van der Waals surface area contributed by atoms with Crippen LogP contribution in [0.3, 0.4) is 0 Å². The van der Waals surface area contributed by atoms with E-state index in [0.29, 0.717) is 11.4 Å². The number of halogens is 1. The molecule has 2 aromatic rings. The Bertz CT molecular complexity index is 967. The number of carbonyl (C=O) groups excluding carboxylic acids is 3. The molecule has 0 unspecified atom stereocenters. The highest BCUT2D eigenvalue weighted by Gasteiger charge is 2.59. The van der Waals surface area contributed by atoms with Gasteiger partial charge in [0, 0.05) is 0 Å². The molecule has 5 rings (SSSR count). The summed E-state index contributed by atoms with van der Waals surface area (Å²) in [5.41, 5.74) is 0.808. The van der Waals surface area contributed by atoms with Crippen molar-refractivity contribution in [2.24, 2.45) is 23.7 Å². The van der Waals surface area contributed by atoms with Crippen molar-refractivity contribution in [1.29, 1.82) is 0 Å². The van der Waals surface area contributed by atoms with Gasteiger partial charge in [0.2, 0.25) is 11.8 Å². The van der Waals surface area contributed by atoms with Crippen molar-refractivity contribution in [3.05, 3.63) is 59.5 Å². The van der Waals surface area contributed by atoms with Gasteiger partial charge in [-0.15, -0.1) is 0 Å². The molecule has 4 atom stereocenters. The first-order valence-electron chi connectivity index (χ1n) is 8.75. The number of nitrogens with one attached hydrogen (secondary N) is 1. The lowest BCUT2D eigenvalue weighted by Gasteiger charge is -2.18. The molecule has 2 heterocycles. The van der Waals surface area contributed by atoms with Crippen LogP contribution in [0, 0.1) is 23.7 Å². The number of benzene rings is 1. The molecule has 3 aliphatic rings.